The van der Waals surface area contributed by atoms with E-state index < -0.39 is 0 Å². The number of benzene rings is 5. The molecule has 10 heteroatoms. The third-order valence-corrected chi connectivity index (χ3v) is 13.0. The van der Waals surface area contributed by atoms with Gasteiger partial charge in [-0.05, 0) is 91.0 Å². The fraction of sp³-hybridized carbons (Fsp3) is 0. The van der Waals surface area contributed by atoms with Crippen LogP contribution in [-0.2, 0) is 0 Å². The van der Waals surface area contributed by atoms with Gasteiger partial charge in [0, 0.05) is 51.3 Å². The van der Waals surface area contributed by atoms with E-state index in [0.717, 1.165) is 110 Å². The Hall–Kier alpha value is -8.47. The first-order valence-corrected chi connectivity index (χ1v) is 21.8. The maximum absolute atomic E-state index is 5.41. The highest BCUT2D eigenvalue weighted by molar-refractivity contribution is 7.99. The molecule has 9 nitrogen and oxygen atoms in total. The monoisotopic (exact) mass is 839 g/mol. The van der Waals surface area contributed by atoms with Gasteiger partial charge in [0.2, 0.25) is 0 Å². The highest BCUT2D eigenvalue weighted by Gasteiger charge is 2.32. The number of aromatic nitrogens is 8. The third kappa shape index (κ3) is 5.66. The first kappa shape index (κ1) is 36.2. The molecule has 0 aliphatic carbocycles. The van der Waals surface area contributed by atoms with Gasteiger partial charge in [-0.15, -0.1) is 0 Å². The molecule has 300 valence electrons. The summed E-state index contributed by atoms with van der Waals surface area (Å²) in [5.41, 5.74) is 16.3. The van der Waals surface area contributed by atoms with Crippen LogP contribution in [0.25, 0.3) is 89.4 Å². The van der Waals surface area contributed by atoms with Gasteiger partial charge < -0.3 is 14.0 Å². The van der Waals surface area contributed by atoms with Crippen LogP contribution >= 0.6 is 11.8 Å². The van der Waals surface area contributed by atoms with E-state index in [4.69, 9.17) is 29.9 Å². The lowest BCUT2D eigenvalue weighted by Crippen LogP contribution is -2.19. The number of hydrogen-bond donors (Lipinski definition) is 0. The predicted octanol–water partition coefficient (Wildman–Crippen LogP) is 13.2. The minimum Gasteiger partial charge on any atom is -0.304 e. The van der Waals surface area contributed by atoms with E-state index in [2.05, 4.69) is 129 Å². The Morgan fingerprint density at radius 3 is 1.22 bits per heavy atom. The number of anilines is 3. The van der Waals surface area contributed by atoms with Crippen LogP contribution in [0.1, 0.15) is 0 Å². The zero-order valence-corrected chi connectivity index (χ0v) is 34.8. The van der Waals surface area contributed by atoms with Crippen molar-refractivity contribution >= 4 is 73.0 Å². The fourth-order valence-electron chi connectivity index (χ4n) is 9.15. The molecular weight excluding hydrogens is 807 g/mol. The number of rotatable bonds is 6. The van der Waals surface area contributed by atoms with Crippen molar-refractivity contribution in [3.8, 4) is 45.3 Å². The lowest BCUT2D eigenvalue weighted by Gasteiger charge is -2.36. The van der Waals surface area contributed by atoms with E-state index >= 15 is 0 Å². The van der Waals surface area contributed by atoms with Crippen LogP contribution in [-0.4, -0.2) is 39.0 Å². The Balaban J connectivity index is 1.24. The average Bonchev–Trinajstić information content (AvgIpc) is 3.89. The number of fused-ring (bicyclic) bond motifs is 8. The Morgan fingerprint density at radius 1 is 0.344 bits per heavy atom. The molecule has 0 atom stereocenters. The van der Waals surface area contributed by atoms with Crippen molar-refractivity contribution in [3.05, 3.63) is 201 Å². The number of pyridine rings is 4. The molecule has 0 N–H and O–H groups in total. The smallest absolute Gasteiger partial charge is 0.160 e. The topological polar surface area (TPSA) is 90.4 Å². The molecule has 0 saturated carbocycles. The van der Waals surface area contributed by atoms with E-state index in [1.807, 2.05) is 85.5 Å². The quantitative estimate of drug-likeness (QED) is 0.163. The van der Waals surface area contributed by atoms with Gasteiger partial charge in [0.1, 0.15) is 22.1 Å². The van der Waals surface area contributed by atoms with Gasteiger partial charge in [0.15, 0.2) is 5.82 Å². The average molecular weight is 840 g/mol. The number of nitrogens with zero attached hydrogens (tertiary/aromatic N) is 9. The van der Waals surface area contributed by atoms with Crippen molar-refractivity contribution in [3.63, 3.8) is 0 Å². The van der Waals surface area contributed by atoms with Crippen LogP contribution in [0.2, 0.25) is 0 Å². The summed E-state index contributed by atoms with van der Waals surface area (Å²) in [5, 5.41) is 0. The maximum Gasteiger partial charge on any atom is 0.160 e. The second-order valence-corrected chi connectivity index (χ2v) is 16.7. The Bertz CT molecular complexity index is 3440. The predicted molar refractivity (Wildman–Crippen MR) is 257 cm³/mol. The molecule has 0 spiro atoms. The summed E-state index contributed by atoms with van der Waals surface area (Å²) in [5.74, 6) is 0.635. The Kier molecular flexibility index (Phi) is 8.25. The number of para-hydroxylation sites is 2. The van der Waals surface area contributed by atoms with Crippen molar-refractivity contribution in [1.82, 2.24) is 39.0 Å². The first-order valence-electron chi connectivity index (χ1n) is 21.0. The van der Waals surface area contributed by atoms with Gasteiger partial charge in [-0.1, -0.05) is 96.7 Å². The Morgan fingerprint density at radius 2 is 0.750 bits per heavy atom. The van der Waals surface area contributed by atoms with Crippen LogP contribution in [0, 0.1) is 0 Å². The zero-order valence-electron chi connectivity index (χ0n) is 34.0. The van der Waals surface area contributed by atoms with Crippen LogP contribution in [0.3, 0.4) is 0 Å². The summed E-state index contributed by atoms with van der Waals surface area (Å²) in [4.78, 5) is 35.1. The van der Waals surface area contributed by atoms with Crippen LogP contribution in [0.15, 0.2) is 211 Å². The normalized spacial score (nSPS) is 12.3. The summed E-state index contributed by atoms with van der Waals surface area (Å²) in [7, 11) is 0. The van der Waals surface area contributed by atoms with Crippen molar-refractivity contribution in [1.29, 1.82) is 0 Å². The van der Waals surface area contributed by atoms with Crippen molar-refractivity contribution in [2.24, 2.45) is 0 Å². The molecule has 8 heterocycles. The summed E-state index contributed by atoms with van der Waals surface area (Å²) < 4.78 is 4.64. The van der Waals surface area contributed by atoms with E-state index in [1.54, 1.807) is 11.8 Å². The molecule has 1 aliphatic rings. The van der Waals surface area contributed by atoms with Crippen molar-refractivity contribution in [2.45, 2.75) is 9.79 Å². The zero-order chi connectivity index (χ0) is 42.1. The maximum atomic E-state index is 5.41. The second kappa shape index (κ2) is 14.6. The summed E-state index contributed by atoms with van der Waals surface area (Å²) in [6.45, 7) is 0. The van der Waals surface area contributed by atoms with Crippen molar-refractivity contribution in [2.75, 3.05) is 4.90 Å². The first-order chi connectivity index (χ1) is 31.8. The highest BCUT2D eigenvalue weighted by atomic mass is 32.2. The van der Waals surface area contributed by atoms with E-state index in [-0.39, 0.29) is 0 Å². The standard InChI is InChI=1S/C54H33N9S/c1-3-15-34(16-4-1)37-33-38(60-54(59-37)35-17-5-2-6-18-35)36-31-45(61-41-21-11-27-55-49(41)50-42(61)22-12-28-56-50)53(63-39-19-7-9-25-47(39)64-48-26-10-8-20-40(48)63)46(32-36)62-43-23-13-29-57-51(43)52-44(62)24-14-30-58-52/h1-33H. The number of hydrogen-bond acceptors (Lipinski definition) is 8. The summed E-state index contributed by atoms with van der Waals surface area (Å²) in [6.07, 6.45) is 7.36. The lowest BCUT2D eigenvalue weighted by molar-refractivity contribution is 1.07. The largest absolute Gasteiger partial charge is 0.304 e. The van der Waals surface area contributed by atoms with Gasteiger partial charge in [-0.25, -0.2) is 9.97 Å². The molecule has 64 heavy (non-hydrogen) atoms. The minimum atomic E-state index is 0.635. The molecule has 13 rings (SSSR count). The molecule has 0 bridgehead atoms. The Labute approximate surface area is 371 Å². The van der Waals surface area contributed by atoms with Crippen LogP contribution in [0.5, 0.6) is 0 Å². The second-order valence-electron chi connectivity index (χ2n) is 15.6. The molecule has 0 amide bonds. The summed E-state index contributed by atoms with van der Waals surface area (Å²) in [6, 6.07) is 61.0. The molecule has 0 saturated heterocycles. The van der Waals surface area contributed by atoms with E-state index in [9.17, 15) is 0 Å². The van der Waals surface area contributed by atoms with Crippen LogP contribution < -0.4 is 4.90 Å². The SMILES string of the molecule is c1ccc(-c2cc(-c3cc(-n4c5cccnc5c5ncccc54)c(N4c5ccccc5Sc5ccccc54)c(-n4c5cccnc5c5ncccc54)c3)nc(-c3ccccc3)n2)cc1. The van der Waals surface area contributed by atoms with E-state index in [1.165, 1.54) is 0 Å². The molecule has 0 radical (unpaired) electrons. The van der Waals surface area contributed by atoms with Gasteiger partial charge in [0.25, 0.3) is 0 Å². The van der Waals surface area contributed by atoms with Gasteiger partial charge >= 0.3 is 0 Å². The van der Waals surface area contributed by atoms with Gasteiger partial charge in [-0.2, -0.15) is 0 Å². The molecule has 12 aromatic rings. The molecular formula is C54H33N9S. The van der Waals surface area contributed by atoms with E-state index in [0.29, 0.717) is 5.82 Å². The molecule has 5 aromatic carbocycles. The third-order valence-electron chi connectivity index (χ3n) is 11.9. The lowest BCUT2D eigenvalue weighted by atomic mass is 10.0. The van der Waals surface area contributed by atoms with Gasteiger partial charge in [0.05, 0.1) is 61.9 Å². The highest BCUT2D eigenvalue weighted by Crippen LogP contribution is 2.55. The fourth-order valence-corrected chi connectivity index (χ4v) is 10.2. The molecule has 0 unspecified atom stereocenters. The van der Waals surface area contributed by atoms with Crippen molar-refractivity contribution < 1.29 is 0 Å². The molecule has 7 aromatic heterocycles. The minimum absolute atomic E-state index is 0.635. The molecule has 0 fully saturated rings. The van der Waals surface area contributed by atoms with Gasteiger partial charge in [-0.3, -0.25) is 19.9 Å². The van der Waals surface area contributed by atoms with Crippen LogP contribution in [0.4, 0.5) is 17.1 Å². The summed E-state index contributed by atoms with van der Waals surface area (Å²) >= 11 is 1.78. The molecule has 1 aliphatic heterocycles.